The Hall–Kier alpha value is -0.780. The first-order chi connectivity index (χ1) is 7.33. The quantitative estimate of drug-likeness (QED) is 0.554. The minimum absolute atomic E-state index is 0. The molecule has 0 atom stereocenters. The first-order valence-corrected chi connectivity index (χ1v) is 6.38. The highest BCUT2D eigenvalue weighted by Gasteiger charge is 1.93. The highest BCUT2D eigenvalue weighted by molar-refractivity contribution is 5.22. The van der Waals surface area contributed by atoms with Crippen LogP contribution in [-0.4, -0.2) is 0 Å². The molecule has 0 N–H and O–H groups in total. The van der Waals surface area contributed by atoms with E-state index in [1.165, 1.54) is 43.2 Å². The molecule has 0 aliphatic carbocycles. The van der Waals surface area contributed by atoms with E-state index in [2.05, 4.69) is 38.1 Å². The Labute approximate surface area is 103 Å². The number of hydrogen-bond acceptors (Lipinski definition) is 0. The maximum Gasteiger partial charge on any atom is -0.0279 e. The van der Waals surface area contributed by atoms with Crippen LogP contribution in [0.25, 0.3) is 0 Å². The summed E-state index contributed by atoms with van der Waals surface area (Å²) in [4.78, 5) is 0. The summed E-state index contributed by atoms with van der Waals surface area (Å²) in [6.45, 7) is 8.42. The standard InChI is InChI=1S/C13H20.C2H6.CH4/c1-3-4-5-6-9-13-10-7-8-12(2)11-13;1-2;/h7-8,10-11H,3-6,9H2,1-2H3;1-2H3;1H4. The Morgan fingerprint density at radius 2 is 1.69 bits per heavy atom. The second kappa shape index (κ2) is 12.3. The predicted molar refractivity (Wildman–Crippen MR) is 77.1 cm³/mol. The van der Waals surface area contributed by atoms with Gasteiger partial charge in [0.15, 0.2) is 0 Å². The zero-order valence-corrected chi connectivity index (χ0v) is 10.8. The van der Waals surface area contributed by atoms with Gasteiger partial charge in [-0.2, -0.15) is 0 Å². The first kappa shape index (κ1) is 17.6. The van der Waals surface area contributed by atoms with Crippen molar-refractivity contribution in [1.82, 2.24) is 0 Å². The lowest BCUT2D eigenvalue weighted by Gasteiger charge is -2.01. The van der Waals surface area contributed by atoms with Gasteiger partial charge < -0.3 is 0 Å². The van der Waals surface area contributed by atoms with Gasteiger partial charge in [-0.3, -0.25) is 0 Å². The van der Waals surface area contributed by atoms with Crippen molar-refractivity contribution in [3.8, 4) is 0 Å². The van der Waals surface area contributed by atoms with Gasteiger partial charge in [0.1, 0.15) is 0 Å². The maximum absolute atomic E-state index is 2.30. The van der Waals surface area contributed by atoms with E-state index >= 15 is 0 Å². The molecule has 0 radical (unpaired) electrons. The zero-order valence-electron chi connectivity index (χ0n) is 10.8. The number of unbranched alkanes of at least 4 members (excludes halogenated alkanes) is 3. The van der Waals surface area contributed by atoms with E-state index in [1.54, 1.807) is 0 Å². The van der Waals surface area contributed by atoms with Gasteiger partial charge in [-0.1, -0.05) is 77.3 Å². The van der Waals surface area contributed by atoms with Crippen molar-refractivity contribution in [3.63, 3.8) is 0 Å². The van der Waals surface area contributed by atoms with Crippen LogP contribution in [0, 0.1) is 6.92 Å². The average molecular weight is 222 g/mol. The van der Waals surface area contributed by atoms with E-state index in [9.17, 15) is 0 Å². The second-order valence-electron chi connectivity index (χ2n) is 3.80. The third kappa shape index (κ3) is 8.52. The Kier molecular flexibility index (Phi) is 13.5. The number of aryl methyl sites for hydroxylation is 2. The third-order valence-corrected chi connectivity index (χ3v) is 2.40. The summed E-state index contributed by atoms with van der Waals surface area (Å²) in [6, 6.07) is 8.85. The minimum atomic E-state index is 0. The topological polar surface area (TPSA) is 0 Å². The zero-order chi connectivity index (χ0) is 11.5. The van der Waals surface area contributed by atoms with E-state index in [1.807, 2.05) is 13.8 Å². The van der Waals surface area contributed by atoms with Crippen LogP contribution in [0.5, 0.6) is 0 Å². The van der Waals surface area contributed by atoms with Crippen molar-refractivity contribution < 1.29 is 0 Å². The van der Waals surface area contributed by atoms with Gasteiger partial charge in [-0.25, -0.2) is 0 Å². The van der Waals surface area contributed by atoms with E-state index in [-0.39, 0.29) is 7.43 Å². The summed E-state index contributed by atoms with van der Waals surface area (Å²) < 4.78 is 0. The normalized spacial score (nSPS) is 8.75. The molecular weight excluding hydrogens is 192 g/mol. The Morgan fingerprint density at radius 3 is 2.25 bits per heavy atom. The molecule has 0 heterocycles. The smallest absolute Gasteiger partial charge is 0.0279 e. The van der Waals surface area contributed by atoms with Gasteiger partial charge in [0.25, 0.3) is 0 Å². The summed E-state index contributed by atoms with van der Waals surface area (Å²) in [5.41, 5.74) is 2.88. The summed E-state index contributed by atoms with van der Waals surface area (Å²) in [5, 5.41) is 0. The lowest BCUT2D eigenvalue weighted by molar-refractivity contribution is 0.667. The molecule has 1 aromatic rings. The molecule has 1 aromatic carbocycles. The van der Waals surface area contributed by atoms with Gasteiger partial charge in [-0.05, 0) is 25.3 Å². The van der Waals surface area contributed by atoms with Crippen LogP contribution in [0.3, 0.4) is 0 Å². The summed E-state index contributed by atoms with van der Waals surface area (Å²) >= 11 is 0. The molecular formula is C16H30. The first-order valence-electron chi connectivity index (χ1n) is 6.38. The second-order valence-corrected chi connectivity index (χ2v) is 3.80. The maximum atomic E-state index is 2.30. The van der Waals surface area contributed by atoms with E-state index in [0.717, 1.165) is 0 Å². The molecule has 1 rings (SSSR count). The van der Waals surface area contributed by atoms with Gasteiger partial charge in [0.05, 0.1) is 0 Å². The van der Waals surface area contributed by atoms with Crippen LogP contribution < -0.4 is 0 Å². The summed E-state index contributed by atoms with van der Waals surface area (Å²) in [7, 11) is 0. The Bertz CT molecular complexity index is 238. The van der Waals surface area contributed by atoms with Crippen LogP contribution in [-0.2, 0) is 6.42 Å². The van der Waals surface area contributed by atoms with Crippen LogP contribution in [0.15, 0.2) is 24.3 Å². The van der Waals surface area contributed by atoms with Crippen molar-refractivity contribution in [1.29, 1.82) is 0 Å². The van der Waals surface area contributed by atoms with Gasteiger partial charge in [0, 0.05) is 0 Å². The molecule has 0 nitrogen and oxygen atoms in total. The molecule has 0 aromatic heterocycles. The Morgan fingerprint density at radius 1 is 1.00 bits per heavy atom. The lowest BCUT2D eigenvalue weighted by Crippen LogP contribution is -1.86. The number of benzene rings is 1. The van der Waals surface area contributed by atoms with Crippen LogP contribution in [0.1, 0.15) is 65.0 Å². The van der Waals surface area contributed by atoms with Gasteiger partial charge in [0.2, 0.25) is 0 Å². The van der Waals surface area contributed by atoms with Crippen LogP contribution in [0.4, 0.5) is 0 Å². The minimum Gasteiger partial charge on any atom is -0.0776 e. The summed E-state index contributed by atoms with van der Waals surface area (Å²) in [6.07, 6.45) is 6.68. The van der Waals surface area contributed by atoms with Crippen molar-refractivity contribution >= 4 is 0 Å². The molecule has 0 aliphatic heterocycles. The van der Waals surface area contributed by atoms with Gasteiger partial charge in [-0.15, -0.1) is 0 Å². The fraction of sp³-hybridized carbons (Fsp3) is 0.625. The average Bonchev–Trinajstić information content (AvgIpc) is 2.27. The SMILES string of the molecule is C.CC.CCCCCCc1cccc(C)c1. The van der Waals surface area contributed by atoms with Crippen molar-refractivity contribution in [3.05, 3.63) is 35.4 Å². The fourth-order valence-corrected chi connectivity index (χ4v) is 1.62. The largest absolute Gasteiger partial charge is 0.0776 e. The molecule has 0 bridgehead atoms. The monoisotopic (exact) mass is 222 g/mol. The predicted octanol–water partition coefficient (Wildman–Crippen LogP) is 5.78. The molecule has 0 amide bonds. The highest BCUT2D eigenvalue weighted by atomic mass is 14.0. The molecule has 16 heavy (non-hydrogen) atoms. The molecule has 94 valence electrons. The van der Waals surface area contributed by atoms with Crippen LogP contribution >= 0.6 is 0 Å². The molecule has 0 saturated carbocycles. The molecule has 0 aliphatic rings. The van der Waals surface area contributed by atoms with Crippen molar-refractivity contribution in [2.45, 2.75) is 67.2 Å². The fourth-order valence-electron chi connectivity index (χ4n) is 1.62. The van der Waals surface area contributed by atoms with Gasteiger partial charge >= 0.3 is 0 Å². The molecule has 0 fully saturated rings. The molecule has 0 unspecified atom stereocenters. The number of rotatable bonds is 5. The van der Waals surface area contributed by atoms with Crippen LogP contribution in [0.2, 0.25) is 0 Å². The van der Waals surface area contributed by atoms with Crippen molar-refractivity contribution in [2.75, 3.05) is 0 Å². The Balaban J connectivity index is 0. The molecule has 0 spiro atoms. The molecule has 0 heteroatoms. The van der Waals surface area contributed by atoms with Crippen molar-refractivity contribution in [2.24, 2.45) is 0 Å². The van der Waals surface area contributed by atoms with E-state index < -0.39 is 0 Å². The van der Waals surface area contributed by atoms with E-state index in [4.69, 9.17) is 0 Å². The third-order valence-electron chi connectivity index (χ3n) is 2.40. The lowest BCUT2D eigenvalue weighted by atomic mass is 10.0. The van der Waals surface area contributed by atoms with E-state index in [0.29, 0.717) is 0 Å². The number of hydrogen-bond donors (Lipinski definition) is 0. The molecule has 0 saturated heterocycles. The highest BCUT2D eigenvalue weighted by Crippen LogP contribution is 2.09. The summed E-state index contributed by atoms with van der Waals surface area (Å²) in [5.74, 6) is 0.